The van der Waals surface area contributed by atoms with E-state index in [0.29, 0.717) is 32.2 Å². The van der Waals surface area contributed by atoms with Gasteiger partial charge < -0.3 is 20.5 Å². The van der Waals surface area contributed by atoms with Gasteiger partial charge in [-0.2, -0.15) is 0 Å². The fourth-order valence-corrected chi connectivity index (χ4v) is 6.82. The summed E-state index contributed by atoms with van der Waals surface area (Å²) >= 11 is 9.63. The summed E-state index contributed by atoms with van der Waals surface area (Å²) < 4.78 is 6.98. The maximum atomic E-state index is 14.4. The van der Waals surface area contributed by atoms with Gasteiger partial charge in [0, 0.05) is 38.8 Å². The van der Waals surface area contributed by atoms with Crippen LogP contribution in [-0.2, 0) is 21.0 Å². The molecular formula is C38H38BrClN2O5. The molecule has 3 N–H and O–H groups in total. The number of ether oxygens (including phenoxy) is 1. The Morgan fingerprint density at radius 3 is 2.06 bits per heavy atom. The van der Waals surface area contributed by atoms with Crippen molar-refractivity contribution in [3.63, 3.8) is 0 Å². The van der Waals surface area contributed by atoms with E-state index in [1.807, 2.05) is 64.1 Å². The topological polar surface area (TPSA) is 105 Å². The van der Waals surface area contributed by atoms with Crippen molar-refractivity contribution in [3.8, 4) is 5.75 Å². The molecule has 0 aliphatic heterocycles. The highest BCUT2D eigenvalue weighted by molar-refractivity contribution is 9.10. The highest BCUT2D eigenvalue weighted by Gasteiger charge is 2.56. The van der Waals surface area contributed by atoms with Crippen molar-refractivity contribution < 1.29 is 24.2 Å². The van der Waals surface area contributed by atoms with Crippen LogP contribution >= 0.6 is 27.5 Å². The summed E-state index contributed by atoms with van der Waals surface area (Å²) in [4.78, 5) is 42.6. The van der Waals surface area contributed by atoms with Crippen molar-refractivity contribution in [3.05, 3.63) is 122 Å². The minimum atomic E-state index is -1.78. The van der Waals surface area contributed by atoms with Gasteiger partial charge in [0.05, 0.1) is 11.5 Å². The minimum absolute atomic E-state index is 0.168. The van der Waals surface area contributed by atoms with E-state index in [-0.39, 0.29) is 13.0 Å². The Bertz CT molecular complexity index is 1840. The summed E-state index contributed by atoms with van der Waals surface area (Å²) in [6, 6.07) is 23.6. The van der Waals surface area contributed by atoms with Gasteiger partial charge in [0.1, 0.15) is 24.1 Å². The molecular weight excluding hydrogens is 680 g/mol. The molecule has 1 aliphatic carbocycles. The van der Waals surface area contributed by atoms with Crippen LogP contribution in [0.4, 0.5) is 11.4 Å². The number of aliphatic hydroxyl groups is 1. The van der Waals surface area contributed by atoms with Crippen LogP contribution in [0.15, 0.2) is 83.3 Å². The number of carbonyl (C=O) groups excluding carboxylic acids is 3. The third-order valence-corrected chi connectivity index (χ3v) is 9.94. The van der Waals surface area contributed by atoms with Gasteiger partial charge in [-0.3, -0.25) is 14.4 Å². The van der Waals surface area contributed by atoms with E-state index in [0.717, 1.165) is 27.8 Å². The average molecular weight is 718 g/mol. The Balaban J connectivity index is 1.63. The van der Waals surface area contributed by atoms with Crippen LogP contribution in [0.5, 0.6) is 5.75 Å². The Kier molecular flexibility index (Phi) is 10.2. The largest absolute Gasteiger partial charge is 0.489 e. The quantitative estimate of drug-likeness (QED) is 0.159. The Morgan fingerprint density at radius 1 is 0.894 bits per heavy atom. The number of carbonyl (C=O) groups is 3. The molecule has 1 aliphatic rings. The van der Waals surface area contributed by atoms with Crippen molar-refractivity contribution in [2.45, 2.75) is 59.2 Å². The van der Waals surface area contributed by atoms with Gasteiger partial charge in [0.2, 0.25) is 11.8 Å². The normalized spacial score (nSPS) is 20.9. The van der Waals surface area contributed by atoms with Gasteiger partial charge in [-0.1, -0.05) is 63.9 Å². The standard InChI is InChI=1S/C38H38BrClN2O5/c1-21-8-6-10-29(23(21)3)41-36(44)34-31(43)19-38(5,46)35(37(45)42-30-11-7-9-22(2)24(30)4)33(34)28-18-26(39)14-17-32(28)47-20-25-12-15-27(40)16-13-25/h6-18,33-35,46H,19-20H2,1-5H3,(H,41,44)(H,42,45). The molecule has 0 aromatic heterocycles. The second-order valence-electron chi connectivity index (χ2n) is 12.6. The van der Waals surface area contributed by atoms with Crippen LogP contribution in [0.3, 0.4) is 0 Å². The number of halogens is 2. The van der Waals surface area contributed by atoms with Crippen LogP contribution < -0.4 is 15.4 Å². The summed E-state index contributed by atoms with van der Waals surface area (Å²) in [5, 5.41) is 18.5. The van der Waals surface area contributed by atoms with Crippen LogP contribution in [-0.4, -0.2) is 28.3 Å². The molecule has 5 rings (SSSR count). The maximum Gasteiger partial charge on any atom is 0.235 e. The third-order valence-electron chi connectivity index (χ3n) is 9.20. The number of amides is 2. The summed E-state index contributed by atoms with van der Waals surface area (Å²) in [6.07, 6.45) is -0.381. The van der Waals surface area contributed by atoms with Crippen LogP contribution in [0.2, 0.25) is 5.02 Å². The van der Waals surface area contributed by atoms with Crippen molar-refractivity contribution in [2.75, 3.05) is 10.6 Å². The smallest absolute Gasteiger partial charge is 0.235 e. The summed E-state index contributed by atoms with van der Waals surface area (Å²) in [6.45, 7) is 9.34. The zero-order chi connectivity index (χ0) is 34.0. The molecule has 244 valence electrons. The second-order valence-corrected chi connectivity index (χ2v) is 13.9. The first-order chi connectivity index (χ1) is 22.3. The van der Waals surface area contributed by atoms with E-state index < -0.39 is 41.0 Å². The molecule has 0 saturated heterocycles. The fraction of sp³-hybridized carbons (Fsp3) is 0.289. The Hall–Kier alpha value is -3.98. The number of Topliss-reactive ketones (excluding diaryl/α,β-unsaturated/α-hetero) is 1. The molecule has 4 aromatic rings. The molecule has 1 saturated carbocycles. The van der Waals surface area contributed by atoms with Crippen LogP contribution in [0, 0.1) is 39.5 Å². The lowest BCUT2D eigenvalue weighted by molar-refractivity contribution is -0.150. The molecule has 9 heteroatoms. The molecule has 0 bridgehead atoms. The number of rotatable bonds is 8. The highest BCUT2D eigenvalue weighted by Crippen LogP contribution is 2.49. The summed E-state index contributed by atoms with van der Waals surface area (Å²) in [7, 11) is 0. The van der Waals surface area contributed by atoms with Gasteiger partial charge >= 0.3 is 0 Å². The number of hydrogen-bond acceptors (Lipinski definition) is 5. The predicted octanol–water partition coefficient (Wildman–Crippen LogP) is 8.23. The first kappa shape index (κ1) is 34.4. The molecule has 0 heterocycles. The molecule has 4 atom stereocenters. The molecule has 7 nitrogen and oxygen atoms in total. The van der Waals surface area contributed by atoms with E-state index in [9.17, 15) is 19.5 Å². The molecule has 4 aromatic carbocycles. The average Bonchev–Trinajstić information content (AvgIpc) is 3.01. The van der Waals surface area contributed by atoms with E-state index in [4.69, 9.17) is 16.3 Å². The SMILES string of the molecule is Cc1cccc(NC(=O)C2C(=O)CC(C)(O)C(C(=O)Nc3cccc(C)c3C)C2c2cc(Br)ccc2OCc2ccc(Cl)cc2)c1C. The predicted molar refractivity (Wildman–Crippen MR) is 189 cm³/mol. The lowest BCUT2D eigenvalue weighted by atomic mass is 9.61. The van der Waals surface area contributed by atoms with E-state index in [1.54, 1.807) is 42.5 Å². The van der Waals surface area contributed by atoms with Crippen molar-refractivity contribution in [1.82, 2.24) is 0 Å². The lowest BCUT2D eigenvalue weighted by Crippen LogP contribution is -2.56. The third kappa shape index (κ3) is 7.45. The molecule has 0 spiro atoms. The zero-order valence-electron chi connectivity index (χ0n) is 27.0. The van der Waals surface area contributed by atoms with Crippen LogP contribution in [0.25, 0.3) is 0 Å². The molecule has 47 heavy (non-hydrogen) atoms. The van der Waals surface area contributed by atoms with Crippen molar-refractivity contribution in [2.24, 2.45) is 11.8 Å². The monoisotopic (exact) mass is 716 g/mol. The molecule has 4 unspecified atom stereocenters. The fourth-order valence-electron chi connectivity index (χ4n) is 6.31. The first-order valence-electron chi connectivity index (χ1n) is 15.4. The summed E-state index contributed by atoms with van der Waals surface area (Å²) in [5.74, 6) is -4.75. The van der Waals surface area contributed by atoms with E-state index in [1.165, 1.54) is 6.92 Å². The zero-order valence-corrected chi connectivity index (χ0v) is 29.3. The van der Waals surface area contributed by atoms with Gasteiger partial charge in [0.25, 0.3) is 0 Å². The van der Waals surface area contributed by atoms with Gasteiger partial charge in [-0.25, -0.2) is 0 Å². The van der Waals surface area contributed by atoms with E-state index >= 15 is 0 Å². The number of aryl methyl sites for hydroxylation is 2. The van der Waals surface area contributed by atoms with Crippen LogP contribution in [0.1, 0.15) is 52.6 Å². The Labute approximate surface area is 288 Å². The van der Waals surface area contributed by atoms with Gasteiger partial charge in [0.15, 0.2) is 0 Å². The maximum absolute atomic E-state index is 14.4. The number of nitrogens with one attached hydrogen (secondary N) is 2. The van der Waals surface area contributed by atoms with Gasteiger partial charge in [-0.05, 0) is 105 Å². The van der Waals surface area contributed by atoms with E-state index in [2.05, 4.69) is 26.6 Å². The van der Waals surface area contributed by atoms with Gasteiger partial charge in [-0.15, -0.1) is 0 Å². The number of benzene rings is 4. The lowest BCUT2D eigenvalue weighted by Gasteiger charge is -2.45. The minimum Gasteiger partial charge on any atom is -0.489 e. The Morgan fingerprint density at radius 2 is 1.47 bits per heavy atom. The number of anilines is 2. The second kappa shape index (κ2) is 14.0. The van der Waals surface area contributed by atoms with Crippen molar-refractivity contribution in [1.29, 1.82) is 0 Å². The highest BCUT2D eigenvalue weighted by atomic mass is 79.9. The first-order valence-corrected chi connectivity index (χ1v) is 16.6. The molecule has 2 amide bonds. The number of hydrogen-bond donors (Lipinski definition) is 3. The molecule has 0 radical (unpaired) electrons. The molecule has 1 fully saturated rings. The number of ketones is 1. The summed E-state index contributed by atoms with van der Waals surface area (Å²) in [5.41, 5.74) is 4.39. The van der Waals surface area contributed by atoms with Crippen molar-refractivity contribution >= 4 is 56.5 Å².